The Hall–Kier alpha value is -3.52. The molecule has 0 aliphatic carbocycles. The third kappa shape index (κ3) is 4.64. The maximum absolute atomic E-state index is 12.8. The summed E-state index contributed by atoms with van der Waals surface area (Å²) in [6.45, 7) is 4.15. The molecule has 0 radical (unpaired) electrons. The van der Waals surface area contributed by atoms with E-state index in [1.165, 1.54) is 22.8 Å². The van der Waals surface area contributed by atoms with Gasteiger partial charge in [-0.25, -0.2) is 0 Å². The van der Waals surface area contributed by atoms with E-state index in [1.54, 1.807) is 24.3 Å². The summed E-state index contributed by atoms with van der Waals surface area (Å²) in [7, 11) is 0. The van der Waals surface area contributed by atoms with Gasteiger partial charge >= 0.3 is 5.97 Å². The summed E-state index contributed by atoms with van der Waals surface area (Å²) >= 11 is 1.26. The van der Waals surface area contributed by atoms with Gasteiger partial charge in [-0.05, 0) is 42.3 Å². The SMILES string of the molecule is CCCCOc1ccc(/C=c2/sc3nc(-c4ccccc4OC(C)=O)nn3c2=O)cc1. The van der Waals surface area contributed by atoms with E-state index in [1.807, 2.05) is 30.3 Å². The van der Waals surface area contributed by atoms with Gasteiger partial charge in [0.2, 0.25) is 4.96 Å². The quantitative estimate of drug-likeness (QED) is 0.251. The molecule has 7 nitrogen and oxygen atoms in total. The van der Waals surface area contributed by atoms with Crippen molar-refractivity contribution < 1.29 is 14.3 Å². The minimum Gasteiger partial charge on any atom is -0.494 e. The number of fused-ring (bicyclic) bond motifs is 1. The molecule has 4 rings (SSSR count). The van der Waals surface area contributed by atoms with E-state index in [4.69, 9.17) is 9.47 Å². The molecular weight excluding hydrogens is 414 g/mol. The van der Waals surface area contributed by atoms with Crippen LogP contribution in [-0.2, 0) is 4.79 Å². The highest BCUT2D eigenvalue weighted by Gasteiger charge is 2.16. The first-order chi connectivity index (χ1) is 15.0. The Bertz CT molecular complexity index is 1330. The van der Waals surface area contributed by atoms with Gasteiger partial charge in [-0.15, -0.1) is 5.10 Å². The average molecular weight is 436 g/mol. The zero-order valence-electron chi connectivity index (χ0n) is 17.2. The summed E-state index contributed by atoms with van der Waals surface area (Å²) in [4.78, 5) is 29.1. The zero-order valence-corrected chi connectivity index (χ0v) is 18.0. The maximum atomic E-state index is 12.8. The minimum absolute atomic E-state index is 0.244. The van der Waals surface area contributed by atoms with Crippen molar-refractivity contribution in [3.63, 3.8) is 0 Å². The van der Waals surface area contributed by atoms with Crippen LogP contribution < -0.4 is 19.6 Å². The number of hydrogen-bond acceptors (Lipinski definition) is 7. The van der Waals surface area contributed by atoms with Crippen molar-refractivity contribution in [1.82, 2.24) is 14.6 Å². The van der Waals surface area contributed by atoms with Crippen molar-refractivity contribution in [3.8, 4) is 22.9 Å². The van der Waals surface area contributed by atoms with E-state index < -0.39 is 5.97 Å². The number of benzene rings is 2. The maximum Gasteiger partial charge on any atom is 0.308 e. The van der Waals surface area contributed by atoms with Crippen LogP contribution in [0.25, 0.3) is 22.4 Å². The standard InChI is InChI=1S/C23H21N3O4S/c1-3-4-13-29-17-11-9-16(10-12-17)14-20-22(28)26-23(31-20)24-21(25-26)18-7-5-6-8-19(18)30-15(2)27/h5-12,14H,3-4,13H2,1-2H3/b20-14+. The molecule has 0 N–H and O–H groups in total. The molecule has 31 heavy (non-hydrogen) atoms. The van der Waals surface area contributed by atoms with Gasteiger partial charge in [0, 0.05) is 6.92 Å². The van der Waals surface area contributed by atoms with Crippen LogP contribution in [0.1, 0.15) is 32.3 Å². The van der Waals surface area contributed by atoms with E-state index in [0.29, 0.717) is 33.2 Å². The fourth-order valence-electron chi connectivity index (χ4n) is 2.99. The molecule has 0 spiro atoms. The number of para-hydroxylation sites is 1. The highest BCUT2D eigenvalue weighted by molar-refractivity contribution is 7.15. The van der Waals surface area contributed by atoms with Crippen molar-refractivity contribution in [2.75, 3.05) is 6.61 Å². The molecule has 2 aromatic heterocycles. The lowest BCUT2D eigenvalue weighted by Crippen LogP contribution is -2.23. The molecular formula is C23H21N3O4S. The number of aromatic nitrogens is 3. The summed E-state index contributed by atoms with van der Waals surface area (Å²) < 4.78 is 12.7. The van der Waals surface area contributed by atoms with E-state index in [9.17, 15) is 9.59 Å². The Kier molecular flexibility index (Phi) is 6.08. The second-order valence-electron chi connectivity index (χ2n) is 6.91. The van der Waals surface area contributed by atoms with Gasteiger partial charge in [-0.3, -0.25) is 9.59 Å². The fourth-order valence-corrected chi connectivity index (χ4v) is 3.90. The van der Waals surface area contributed by atoms with E-state index >= 15 is 0 Å². The van der Waals surface area contributed by atoms with Crippen LogP contribution in [0.15, 0.2) is 53.3 Å². The average Bonchev–Trinajstić information content (AvgIpc) is 3.29. The van der Waals surface area contributed by atoms with Gasteiger partial charge in [0.05, 0.1) is 16.7 Å². The fraction of sp³-hybridized carbons (Fsp3) is 0.217. The molecule has 2 heterocycles. The first-order valence-corrected chi connectivity index (χ1v) is 10.8. The summed E-state index contributed by atoms with van der Waals surface area (Å²) in [5.74, 6) is 1.07. The van der Waals surface area contributed by atoms with Crippen LogP contribution >= 0.6 is 11.3 Å². The van der Waals surface area contributed by atoms with Crippen molar-refractivity contribution in [2.24, 2.45) is 0 Å². The van der Waals surface area contributed by atoms with Gasteiger partial charge in [0.15, 0.2) is 5.82 Å². The third-order valence-corrected chi connectivity index (χ3v) is 5.47. The summed E-state index contributed by atoms with van der Waals surface area (Å²) in [6.07, 6.45) is 3.91. The molecule has 0 fully saturated rings. The van der Waals surface area contributed by atoms with Crippen molar-refractivity contribution in [1.29, 1.82) is 0 Å². The smallest absolute Gasteiger partial charge is 0.308 e. The largest absolute Gasteiger partial charge is 0.494 e. The molecule has 4 aromatic rings. The van der Waals surface area contributed by atoms with Gasteiger partial charge in [0.25, 0.3) is 5.56 Å². The van der Waals surface area contributed by atoms with Crippen molar-refractivity contribution in [3.05, 3.63) is 69.0 Å². The highest BCUT2D eigenvalue weighted by atomic mass is 32.1. The van der Waals surface area contributed by atoms with E-state index in [0.717, 1.165) is 24.2 Å². The lowest BCUT2D eigenvalue weighted by molar-refractivity contribution is -0.131. The Balaban J connectivity index is 1.63. The number of ether oxygens (including phenoxy) is 2. The molecule has 2 aromatic carbocycles. The van der Waals surface area contributed by atoms with E-state index in [-0.39, 0.29) is 5.56 Å². The van der Waals surface area contributed by atoms with Crippen LogP contribution in [-0.4, -0.2) is 27.2 Å². The van der Waals surface area contributed by atoms with Crippen LogP contribution in [0.5, 0.6) is 11.5 Å². The Morgan fingerprint density at radius 2 is 1.94 bits per heavy atom. The molecule has 0 aliphatic rings. The van der Waals surface area contributed by atoms with Gasteiger partial charge in [0.1, 0.15) is 11.5 Å². The second kappa shape index (κ2) is 9.09. The molecule has 0 atom stereocenters. The Labute approximate surface area is 182 Å². The molecule has 0 unspecified atom stereocenters. The third-order valence-electron chi connectivity index (χ3n) is 4.51. The number of nitrogens with zero attached hydrogens (tertiary/aromatic N) is 3. The van der Waals surface area contributed by atoms with Gasteiger partial charge < -0.3 is 9.47 Å². The molecule has 0 aliphatic heterocycles. The molecule has 8 heteroatoms. The molecule has 0 amide bonds. The number of rotatable bonds is 7. The molecule has 0 saturated carbocycles. The normalized spacial score (nSPS) is 11.7. The lowest BCUT2D eigenvalue weighted by atomic mass is 10.2. The zero-order chi connectivity index (χ0) is 21.8. The number of thiazole rings is 1. The van der Waals surface area contributed by atoms with E-state index in [2.05, 4.69) is 17.0 Å². The first kappa shape index (κ1) is 20.7. The monoisotopic (exact) mass is 435 g/mol. The Morgan fingerprint density at radius 3 is 2.65 bits per heavy atom. The summed E-state index contributed by atoms with van der Waals surface area (Å²) in [5.41, 5.74) is 1.20. The lowest BCUT2D eigenvalue weighted by Gasteiger charge is -2.05. The number of carbonyl (C=O) groups is 1. The summed E-state index contributed by atoms with van der Waals surface area (Å²) in [6, 6.07) is 14.6. The van der Waals surface area contributed by atoms with Crippen LogP contribution in [0.3, 0.4) is 0 Å². The Morgan fingerprint density at radius 1 is 1.16 bits per heavy atom. The van der Waals surface area contributed by atoms with Gasteiger partial charge in [-0.2, -0.15) is 9.50 Å². The number of carbonyl (C=O) groups excluding carboxylic acids is 1. The van der Waals surface area contributed by atoms with Crippen molar-refractivity contribution >= 4 is 28.3 Å². The predicted molar refractivity (Wildman–Crippen MR) is 120 cm³/mol. The minimum atomic E-state index is -0.434. The highest BCUT2D eigenvalue weighted by Crippen LogP contribution is 2.27. The molecule has 0 saturated heterocycles. The molecule has 0 bridgehead atoms. The summed E-state index contributed by atoms with van der Waals surface area (Å²) in [5, 5.41) is 4.34. The van der Waals surface area contributed by atoms with Gasteiger partial charge in [-0.1, -0.05) is 48.9 Å². The van der Waals surface area contributed by atoms with Crippen LogP contribution in [0.4, 0.5) is 0 Å². The molecule has 158 valence electrons. The number of hydrogen-bond donors (Lipinski definition) is 0. The van der Waals surface area contributed by atoms with Crippen LogP contribution in [0, 0.1) is 0 Å². The first-order valence-electron chi connectivity index (χ1n) is 9.97. The van der Waals surface area contributed by atoms with Crippen molar-refractivity contribution in [2.45, 2.75) is 26.7 Å². The van der Waals surface area contributed by atoms with Crippen LogP contribution in [0.2, 0.25) is 0 Å². The second-order valence-corrected chi connectivity index (χ2v) is 7.92. The predicted octanol–water partition coefficient (Wildman–Crippen LogP) is 3.47. The number of unbranched alkanes of at least 4 members (excludes halogenated alkanes) is 1. The number of esters is 1. The topological polar surface area (TPSA) is 82.8 Å².